The molecule has 0 aliphatic heterocycles. The number of rotatable bonds is 5. The predicted molar refractivity (Wildman–Crippen MR) is 102 cm³/mol. The average molecular weight is 391 g/mol. The fourth-order valence-corrected chi connectivity index (χ4v) is 3.13. The molecule has 5 nitrogen and oxygen atoms in total. The Hall–Kier alpha value is -2.37. The zero-order valence-electron chi connectivity index (χ0n) is 14.0. The SMILES string of the molecule is CCCn1nc(C(=O)OCc2c(Cl)cccc2Cl)c2ccccc2c1=O. The van der Waals surface area contributed by atoms with Crippen molar-refractivity contribution in [3.8, 4) is 0 Å². The van der Waals surface area contributed by atoms with Gasteiger partial charge in [-0.2, -0.15) is 5.10 Å². The smallest absolute Gasteiger partial charge is 0.359 e. The highest BCUT2D eigenvalue weighted by atomic mass is 35.5. The van der Waals surface area contributed by atoms with E-state index >= 15 is 0 Å². The fourth-order valence-electron chi connectivity index (χ4n) is 2.63. The molecule has 2 aromatic carbocycles. The van der Waals surface area contributed by atoms with Crippen molar-refractivity contribution in [2.45, 2.75) is 26.5 Å². The molecule has 0 saturated heterocycles. The van der Waals surface area contributed by atoms with E-state index in [0.717, 1.165) is 6.42 Å². The Morgan fingerprint density at radius 1 is 1.08 bits per heavy atom. The summed E-state index contributed by atoms with van der Waals surface area (Å²) in [5.74, 6) is -0.637. The van der Waals surface area contributed by atoms with E-state index in [2.05, 4.69) is 5.10 Å². The largest absolute Gasteiger partial charge is 0.456 e. The van der Waals surface area contributed by atoms with Gasteiger partial charge in [0.25, 0.3) is 5.56 Å². The molecule has 0 saturated carbocycles. The third-order valence-corrected chi connectivity index (χ3v) is 4.61. The zero-order valence-corrected chi connectivity index (χ0v) is 15.5. The molecule has 3 rings (SSSR count). The standard InChI is InChI=1S/C19H16Cl2N2O3/c1-2-10-23-18(24)13-7-4-3-6-12(13)17(22-23)19(25)26-11-14-15(20)8-5-9-16(14)21/h3-9H,2,10-11H2,1H3. The first kappa shape index (κ1) is 18.4. The van der Waals surface area contributed by atoms with Crippen molar-refractivity contribution < 1.29 is 9.53 Å². The summed E-state index contributed by atoms with van der Waals surface area (Å²) in [6.45, 7) is 2.27. The molecule has 0 atom stereocenters. The van der Waals surface area contributed by atoms with E-state index in [9.17, 15) is 9.59 Å². The number of aryl methyl sites for hydroxylation is 1. The molecule has 0 amide bonds. The van der Waals surface area contributed by atoms with Crippen LogP contribution < -0.4 is 5.56 Å². The van der Waals surface area contributed by atoms with Gasteiger partial charge in [-0.1, -0.05) is 54.4 Å². The van der Waals surface area contributed by atoms with Gasteiger partial charge in [0.05, 0.1) is 5.39 Å². The monoisotopic (exact) mass is 390 g/mol. The van der Waals surface area contributed by atoms with Gasteiger partial charge in [-0.25, -0.2) is 9.48 Å². The Kier molecular flexibility index (Phi) is 5.59. The molecule has 0 bridgehead atoms. The zero-order chi connectivity index (χ0) is 18.7. The number of carbonyl (C=O) groups is 1. The van der Waals surface area contributed by atoms with Crippen LogP contribution in [0.15, 0.2) is 47.3 Å². The van der Waals surface area contributed by atoms with E-state index in [4.69, 9.17) is 27.9 Å². The van der Waals surface area contributed by atoms with Crippen molar-refractivity contribution in [1.82, 2.24) is 9.78 Å². The van der Waals surface area contributed by atoms with Crippen LogP contribution in [-0.4, -0.2) is 15.7 Å². The summed E-state index contributed by atoms with van der Waals surface area (Å²) in [4.78, 5) is 25.1. The van der Waals surface area contributed by atoms with Crippen LogP contribution in [0.5, 0.6) is 0 Å². The summed E-state index contributed by atoms with van der Waals surface area (Å²) in [7, 11) is 0. The lowest BCUT2D eigenvalue weighted by molar-refractivity contribution is 0.0465. The number of esters is 1. The number of hydrogen-bond donors (Lipinski definition) is 0. The van der Waals surface area contributed by atoms with E-state index in [-0.39, 0.29) is 17.9 Å². The number of nitrogens with zero attached hydrogens (tertiary/aromatic N) is 2. The van der Waals surface area contributed by atoms with Gasteiger partial charge in [0.1, 0.15) is 6.61 Å². The molecule has 1 aromatic heterocycles. The number of benzene rings is 2. The quantitative estimate of drug-likeness (QED) is 0.602. The molecule has 0 unspecified atom stereocenters. The first-order chi connectivity index (χ1) is 12.5. The van der Waals surface area contributed by atoms with Gasteiger partial charge in [0, 0.05) is 27.5 Å². The van der Waals surface area contributed by atoms with Gasteiger partial charge in [-0.15, -0.1) is 0 Å². The fraction of sp³-hybridized carbons (Fsp3) is 0.211. The minimum atomic E-state index is -0.637. The number of ether oxygens (including phenoxy) is 1. The molecule has 0 fully saturated rings. The average Bonchev–Trinajstić information content (AvgIpc) is 2.63. The molecule has 0 radical (unpaired) electrons. The summed E-state index contributed by atoms with van der Waals surface area (Å²) < 4.78 is 6.66. The third-order valence-electron chi connectivity index (χ3n) is 3.91. The van der Waals surface area contributed by atoms with Crippen LogP contribution in [0.1, 0.15) is 29.4 Å². The number of hydrogen-bond acceptors (Lipinski definition) is 4. The van der Waals surface area contributed by atoms with Gasteiger partial charge in [-0.3, -0.25) is 4.79 Å². The molecule has 134 valence electrons. The second-order valence-electron chi connectivity index (χ2n) is 5.70. The maximum Gasteiger partial charge on any atom is 0.359 e. The summed E-state index contributed by atoms with van der Waals surface area (Å²) in [5, 5.41) is 5.93. The third kappa shape index (κ3) is 3.59. The predicted octanol–water partition coefficient (Wildman–Crippen LogP) is 4.47. The first-order valence-corrected chi connectivity index (χ1v) is 8.88. The van der Waals surface area contributed by atoms with E-state index in [1.54, 1.807) is 42.5 Å². The highest BCUT2D eigenvalue weighted by molar-refractivity contribution is 6.35. The molecule has 0 aliphatic carbocycles. The van der Waals surface area contributed by atoms with Crippen LogP contribution in [0, 0.1) is 0 Å². The lowest BCUT2D eigenvalue weighted by atomic mass is 10.1. The van der Waals surface area contributed by atoms with Gasteiger partial charge < -0.3 is 4.74 Å². The molecule has 0 spiro atoms. The molecule has 7 heteroatoms. The van der Waals surface area contributed by atoms with E-state index in [1.165, 1.54) is 4.68 Å². The van der Waals surface area contributed by atoms with Crippen molar-refractivity contribution >= 4 is 39.9 Å². The normalized spacial score (nSPS) is 10.9. The van der Waals surface area contributed by atoms with Crippen LogP contribution in [0.3, 0.4) is 0 Å². The van der Waals surface area contributed by atoms with Crippen LogP contribution in [-0.2, 0) is 17.9 Å². The second kappa shape index (κ2) is 7.89. The maximum atomic E-state index is 12.6. The van der Waals surface area contributed by atoms with E-state index < -0.39 is 5.97 Å². The minimum Gasteiger partial charge on any atom is -0.456 e. The molecular formula is C19H16Cl2N2O3. The Bertz CT molecular complexity index is 1010. The molecule has 0 aliphatic rings. The number of halogens is 2. The summed E-state index contributed by atoms with van der Waals surface area (Å²) >= 11 is 12.2. The van der Waals surface area contributed by atoms with Crippen LogP contribution in [0.4, 0.5) is 0 Å². The van der Waals surface area contributed by atoms with Crippen molar-refractivity contribution in [1.29, 1.82) is 0 Å². The van der Waals surface area contributed by atoms with Crippen molar-refractivity contribution in [2.75, 3.05) is 0 Å². The van der Waals surface area contributed by atoms with E-state index in [0.29, 0.717) is 32.9 Å². The second-order valence-corrected chi connectivity index (χ2v) is 6.51. The van der Waals surface area contributed by atoms with Crippen molar-refractivity contribution in [2.24, 2.45) is 0 Å². The van der Waals surface area contributed by atoms with E-state index in [1.807, 2.05) is 6.92 Å². The van der Waals surface area contributed by atoms with Gasteiger partial charge in [0.15, 0.2) is 5.69 Å². The van der Waals surface area contributed by atoms with Crippen molar-refractivity contribution in [3.05, 3.63) is 74.1 Å². The van der Waals surface area contributed by atoms with Gasteiger partial charge in [0.2, 0.25) is 0 Å². The van der Waals surface area contributed by atoms with Crippen molar-refractivity contribution in [3.63, 3.8) is 0 Å². The van der Waals surface area contributed by atoms with Gasteiger partial charge >= 0.3 is 5.97 Å². The Labute approximate surface area is 160 Å². The highest BCUT2D eigenvalue weighted by Gasteiger charge is 2.18. The minimum absolute atomic E-state index is 0.0831. The molecule has 0 N–H and O–H groups in total. The molecular weight excluding hydrogens is 375 g/mol. The van der Waals surface area contributed by atoms with Crippen LogP contribution in [0.25, 0.3) is 10.8 Å². The lowest BCUT2D eigenvalue weighted by Crippen LogP contribution is -2.26. The Balaban J connectivity index is 1.98. The number of carbonyl (C=O) groups excluding carboxylic acids is 1. The van der Waals surface area contributed by atoms with Crippen LogP contribution >= 0.6 is 23.2 Å². The molecule has 3 aromatic rings. The highest BCUT2D eigenvalue weighted by Crippen LogP contribution is 2.25. The summed E-state index contributed by atoms with van der Waals surface area (Å²) in [5.41, 5.74) is 0.389. The maximum absolute atomic E-state index is 12.6. The Morgan fingerprint density at radius 3 is 2.38 bits per heavy atom. The lowest BCUT2D eigenvalue weighted by Gasteiger charge is -2.11. The summed E-state index contributed by atoms with van der Waals surface area (Å²) in [6.07, 6.45) is 0.717. The Morgan fingerprint density at radius 2 is 1.73 bits per heavy atom. The molecule has 26 heavy (non-hydrogen) atoms. The topological polar surface area (TPSA) is 61.2 Å². The number of aromatic nitrogens is 2. The van der Waals surface area contributed by atoms with Crippen LogP contribution in [0.2, 0.25) is 10.0 Å². The molecule has 1 heterocycles. The first-order valence-electron chi connectivity index (χ1n) is 8.12. The van der Waals surface area contributed by atoms with Gasteiger partial charge in [-0.05, 0) is 24.6 Å². The number of fused-ring (bicyclic) bond motifs is 1. The summed E-state index contributed by atoms with van der Waals surface area (Å²) in [6, 6.07) is 11.9.